The SMILES string of the molecule is Cc1cccc(S(=O)CC(=O)c2c(C)cc(C)cc2C)c1. The first-order chi connectivity index (χ1) is 9.88. The number of benzene rings is 2. The number of ketones is 1. The number of rotatable bonds is 4. The van der Waals surface area contributed by atoms with Gasteiger partial charge in [-0.1, -0.05) is 29.8 Å². The van der Waals surface area contributed by atoms with Crippen molar-refractivity contribution in [3.05, 3.63) is 64.2 Å². The quantitative estimate of drug-likeness (QED) is 0.802. The van der Waals surface area contributed by atoms with Crippen molar-refractivity contribution < 1.29 is 9.00 Å². The summed E-state index contributed by atoms with van der Waals surface area (Å²) in [5.74, 6) is -0.0152. The van der Waals surface area contributed by atoms with E-state index in [-0.39, 0.29) is 11.5 Å². The van der Waals surface area contributed by atoms with Crippen molar-refractivity contribution in [2.75, 3.05) is 5.75 Å². The van der Waals surface area contributed by atoms with Crippen LogP contribution in [0.2, 0.25) is 0 Å². The molecule has 0 bridgehead atoms. The van der Waals surface area contributed by atoms with Gasteiger partial charge in [0.1, 0.15) is 0 Å². The van der Waals surface area contributed by atoms with Crippen molar-refractivity contribution in [3.63, 3.8) is 0 Å². The predicted octanol–water partition coefficient (Wildman–Crippen LogP) is 3.91. The van der Waals surface area contributed by atoms with Gasteiger partial charge in [-0.15, -0.1) is 0 Å². The van der Waals surface area contributed by atoms with Crippen LogP contribution in [0.3, 0.4) is 0 Å². The summed E-state index contributed by atoms with van der Waals surface area (Å²) in [6.07, 6.45) is 0. The number of Topliss-reactive ketones (excluding diaryl/α,β-unsaturated/α-hetero) is 1. The molecular formula is C18H20O2S. The highest BCUT2D eigenvalue weighted by molar-refractivity contribution is 7.85. The Labute approximate surface area is 128 Å². The smallest absolute Gasteiger partial charge is 0.176 e. The number of aryl methyl sites for hydroxylation is 4. The highest BCUT2D eigenvalue weighted by Gasteiger charge is 2.16. The van der Waals surface area contributed by atoms with Gasteiger partial charge < -0.3 is 0 Å². The van der Waals surface area contributed by atoms with E-state index in [1.54, 1.807) is 0 Å². The van der Waals surface area contributed by atoms with Crippen molar-refractivity contribution in [2.24, 2.45) is 0 Å². The van der Waals surface area contributed by atoms with E-state index < -0.39 is 10.8 Å². The predicted molar refractivity (Wildman–Crippen MR) is 87.4 cm³/mol. The van der Waals surface area contributed by atoms with Crippen molar-refractivity contribution in [1.29, 1.82) is 0 Å². The molecule has 0 aromatic heterocycles. The zero-order valence-electron chi connectivity index (χ0n) is 12.9. The molecule has 21 heavy (non-hydrogen) atoms. The Morgan fingerprint density at radius 1 is 0.952 bits per heavy atom. The molecule has 0 aliphatic heterocycles. The Hall–Kier alpha value is -1.74. The molecule has 2 nitrogen and oxygen atoms in total. The Balaban J connectivity index is 2.25. The molecule has 0 saturated carbocycles. The van der Waals surface area contributed by atoms with Crippen molar-refractivity contribution in [1.82, 2.24) is 0 Å². The molecular weight excluding hydrogens is 280 g/mol. The Bertz CT molecular complexity index is 694. The highest BCUT2D eigenvalue weighted by Crippen LogP contribution is 2.18. The van der Waals surface area contributed by atoms with Gasteiger partial charge in [0.15, 0.2) is 5.78 Å². The summed E-state index contributed by atoms with van der Waals surface area (Å²) >= 11 is 0. The molecule has 0 N–H and O–H groups in total. The fourth-order valence-electron chi connectivity index (χ4n) is 2.65. The van der Waals surface area contributed by atoms with E-state index in [0.717, 1.165) is 22.3 Å². The van der Waals surface area contributed by atoms with E-state index in [9.17, 15) is 9.00 Å². The minimum atomic E-state index is -1.30. The summed E-state index contributed by atoms with van der Waals surface area (Å²) in [6.45, 7) is 7.83. The average Bonchev–Trinajstić information content (AvgIpc) is 2.37. The van der Waals surface area contributed by atoms with Crippen LogP contribution in [-0.4, -0.2) is 15.7 Å². The number of hydrogen-bond donors (Lipinski definition) is 0. The Morgan fingerprint density at radius 3 is 2.14 bits per heavy atom. The monoisotopic (exact) mass is 300 g/mol. The lowest BCUT2D eigenvalue weighted by molar-refractivity contribution is 0.102. The maximum absolute atomic E-state index is 12.5. The van der Waals surface area contributed by atoms with Gasteiger partial charge in [-0.2, -0.15) is 0 Å². The first-order valence-electron chi connectivity index (χ1n) is 6.94. The van der Waals surface area contributed by atoms with Gasteiger partial charge >= 0.3 is 0 Å². The molecule has 0 radical (unpaired) electrons. The second-order valence-electron chi connectivity index (χ2n) is 5.50. The highest BCUT2D eigenvalue weighted by atomic mass is 32.2. The van der Waals surface area contributed by atoms with E-state index >= 15 is 0 Å². The third-order valence-electron chi connectivity index (χ3n) is 3.47. The van der Waals surface area contributed by atoms with Gasteiger partial charge in [0.2, 0.25) is 0 Å². The summed E-state index contributed by atoms with van der Waals surface area (Å²) in [5.41, 5.74) is 4.82. The summed E-state index contributed by atoms with van der Waals surface area (Å²) in [5, 5.41) is 0. The van der Waals surface area contributed by atoms with Crippen LogP contribution in [0.25, 0.3) is 0 Å². The van der Waals surface area contributed by atoms with Crippen LogP contribution in [0, 0.1) is 27.7 Å². The normalized spacial score (nSPS) is 12.2. The van der Waals surface area contributed by atoms with E-state index in [1.807, 2.05) is 64.1 Å². The van der Waals surface area contributed by atoms with Crippen molar-refractivity contribution in [2.45, 2.75) is 32.6 Å². The average molecular weight is 300 g/mol. The van der Waals surface area contributed by atoms with Gasteiger partial charge in [-0.3, -0.25) is 9.00 Å². The lowest BCUT2D eigenvalue weighted by Gasteiger charge is -2.10. The van der Waals surface area contributed by atoms with E-state index in [4.69, 9.17) is 0 Å². The van der Waals surface area contributed by atoms with E-state index in [0.29, 0.717) is 10.5 Å². The van der Waals surface area contributed by atoms with E-state index in [1.165, 1.54) is 0 Å². The first-order valence-corrected chi connectivity index (χ1v) is 8.26. The minimum absolute atomic E-state index is 0.0359. The van der Waals surface area contributed by atoms with Crippen LogP contribution in [0.4, 0.5) is 0 Å². The van der Waals surface area contributed by atoms with Crippen LogP contribution in [-0.2, 0) is 10.8 Å². The number of hydrogen-bond acceptors (Lipinski definition) is 2. The fourth-order valence-corrected chi connectivity index (χ4v) is 3.75. The molecule has 1 atom stereocenters. The standard InChI is InChI=1S/C18H20O2S/c1-12-6-5-7-16(10-12)21(20)11-17(19)18-14(3)8-13(2)9-15(18)4/h5-10H,11H2,1-4H3. The van der Waals surface area contributed by atoms with Gasteiger partial charge in [0.25, 0.3) is 0 Å². The molecule has 2 aromatic rings. The molecule has 0 amide bonds. The molecule has 0 heterocycles. The summed E-state index contributed by atoms with van der Waals surface area (Å²) in [7, 11) is -1.30. The second-order valence-corrected chi connectivity index (χ2v) is 6.95. The molecule has 110 valence electrons. The molecule has 0 aliphatic rings. The summed E-state index contributed by atoms with van der Waals surface area (Å²) in [4.78, 5) is 13.2. The molecule has 0 aliphatic carbocycles. The topological polar surface area (TPSA) is 34.1 Å². The largest absolute Gasteiger partial charge is 0.293 e. The third kappa shape index (κ3) is 3.67. The van der Waals surface area contributed by atoms with Crippen molar-refractivity contribution >= 4 is 16.6 Å². The number of carbonyl (C=O) groups excluding carboxylic acids is 1. The zero-order valence-corrected chi connectivity index (χ0v) is 13.7. The van der Waals surface area contributed by atoms with Crippen LogP contribution in [0.5, 0.6) is 0 Å². The first kappa shape index (κ1) is 15.6. The maximum atomic E-state index is 12.5. The third-order valence-corrected chi connectivity index (χ3v) is 4.77. The van der Waals surface area contributed by atoms with E-state index in [2.05, 4.69) is 0 Å². The van der Waals surface area contributed by atoms with Gasteiger partial charge in [-0.25, -0.2) is 0 Å². The molecule has 2 aromatic carbocycles. The maximum Gasteiger partial charge on any atom is 0.176 e. The molecule has 0 fully saturated rings. The molecule has 1 unspecified atom stereocenters. The van der Waals surface area contributed by atoms with Crippen LogP contribution < -0.4 is 0 Å². The molecule has 0 spiro atoms. The molecule has 3 heteroatoms. The fraction of sp³-hybridized carbons (Fsp3) is 0.278. The van der Waals surface area contributed by atoms with Crippen LogP contribution >= 0.6 is 0 Å². The second kappa shape index (κ2) is 6.35. The molecule has 2 rings (SSSR count). The Morgan fingerprint density at radius 2 is 1.57 bits per heavy atom. The Kier molecular flexibility index (Phi) is 4.73. The summed E-state index contributed by atoms with van der Waals surface area (Å²) < 4.78 is 12.4. The lowest BCUT2D eigenvalue weighted by atomic mass is 9.97. The minimum Gasteiger partial charge on any atom is -0.293 e. The lowest BCUT2D eigenvalue weighted by Crippen LogP contribution is -2.14. The van der Waals surface area contributed by atoms with Gasteiger partial charge in [0.05, 0.1) is 16.6 Å². The van der Waals surface area contributed by atoms with Crippen LogP contribution in [0.15, 0.2) is 41.3 Å². The zero-order chi connectivity index (χ0) is 15.6. The molecule has 0 saturated heterocycles. The van der Waals surface area contributed by atoms with Gasteiger partial charge in [-0.05, 0) is 56.5 Å². The van der Waals surface area contributed by atoms with Gasteiger partial charge in [0, 0.05) is 10.5 Å². The van der Waals surface area contributed by atoms with Crippen molar-refractivity contribution in [3.8, 4) is 0 Å². The number of carbonyl (C=O) groups is 1. The summed E-state index contributed by atoms with van der Waals surface area (Å²) in [6, 6.07) is 11.5. The van der Waals surface area contributed by atoms with Crippen LogP contribution in [0.1, 0.15) is 32.6 Å².